The molecule has 0 fully saturated rings. The summed E-state index contributed by atoms with van der Waals surface area (Å²) in [6.07, 6.45) is 1.06. The lowest BCUT2D eigenvalue weighted by Crippen LogP contribution is -2.18. The number of hydrogen-bond acceptors (Lipinski definition) is 7. The Morgan fingerprint density at radius 1 is 1.30 bits per heavy atom. The molecule has 27 heavy (non-hydrogen) atoms. The fourth-order valence-corrected chi connectivity index (χ4v) is 3.63. The number of carbonyl (C=O) groups excluding carboxylic acids is 2. The molecule has 1 amide bonds. The molecule has 0 aliphatic heterocycles. The Bertz CT molecular complexity index is 854. The maximum atomic E-state index is 12.2. The third kappa shape index (κ3) is 6.76. The minimum Gasteiger partial charge on any atom is -0.465 e. The van der Waals surface area contributed by atoms with Gasteiger partial charge in [0.05, 0.1) is 29.8 Å². The predicted octanol–water partition coefficient (Wildman–Crippen LogP) is 2.93. The molecule has 0 bridgehead atoms. The number of hydrogen-bond donors (Lipinski definition) is 2. The van der Waals surface area contributed by atoms with Crippen molar-refractivity contribution in [1.29, 1.82) is 0 Å². The van der Waals surface area contributed by atoms with Crippen LogP contribution in [-0.4, -0.2) is 40.5 Å². The molecule has 0 unspecified atom stereocenters. The van der Waals surface area contributed by atoms with Gasteiger partial charge >= 0.3 is 5.97 Å². The topological polar surface area (TPSA) is 101 Å². The fraction of sp³-hybridized carbons (Fsp3) is 0.333. The summed E-state index contributed by atoms with van der Waals surface area (Å²) in [4.78, 5) is 42.7. The summed E-state index contributed by atoms with van der Waals surface area (Å²) in [5.41, 5.74) is 1.10. The number of methoxy groups -OCH3 is 1. The number of ether oxygens (including phenoxy) is 1. The van der Waals surface area contributed by atoms with Crippen molar-refractivity contribution < 1.29 is 14.3 Å². The van der Waals surface area contributed by atoms with Gasteiger partial charge in [0.2, 0.25) is 5.91 Å². The van der Waals surface area contributed by atoms with E-state index in [2.05, 4.69) is 22.2 Å². The molecule has 1 heterocycles. The standard InChI is InChI=1S/C18H21N3O4S2/c1-3-8-26-10-12-9-15(22)21-18(19-12)27-11-16(23)20-14-7-5-4-6-13(14)17(24)25-2/h4-7,9H,3,8,10-11H2,1-2H3,(H,20,23)(H,19,21,22). The largest absolute Gasteiger partial charge is 0.465 e. The first-order valence-electron chi connectivity index (χ1n) is 8.31. The smallest absolute Gasteiger partial charge is 0.339 e. The zero-order chi connectivity index (χ0) is 19.6. The van der Waals surface area contributed by atoms with E-state index in [1.807, 2.05) is 0 Å². The molecule has 0 saturated heterocycles. The Hall–Kier alpha value is -2.26. The van der Waals surface area contributed by atoms with Gasteiger partial charge in [0.15, 0.2) is 5.16 Å². The quantitative estimate of drug-likeness (QED) is 0.285. The molecule has 7 nitrogen and oxygen atoms in total. The van der Waals surface area contributed by atoms with Crippen LogP contribution in [0.2, 0.25) is 0 Å². The van der Waals surface area contributed by atoms with Gasteiger partial charge < -0.3 is 15.0 Å². The molecule has 0 atom stereocenters. The highest BCUT2D eigenvalue weighted by Crippen LogP contribution is 2.18. The van der Waals surface area contributed by atoms with Crippen molar-refractivity contribution in [3.63, 3.8) is 0 Å². The number of amides is 1. The number of nitrogens with zero attached hydrogens (tertiary/aromatic N) is 1. The molecule has 2 aromatic rings. The summed E-state index contributed by atoms with van der Waals surface area (Å²) >= 11 is 2.84. The maximum Gasteiger partial charge on any atom is 0.339 e. The number of nitrogens with one attached hydrogen (secondary N) is 2. The third-order valence-electron chi connectivity index (χ3n) is 3.32. The lowest BCUT2D eigenvalue weighted by Gasteiger charge is -2.09. The van der Waals surface area contributed by atoms with Crippen molar-refractivity contribution in [2.45, 2.75) is 24.3 Å². The van der Waals surface area contributed by atoms with E-state index >= 15 is 0 Å². The first-order chi connectivity index (χ1) is 13.0. The van der Waals surface area contributed by atoms with Crippen LogP contribution in [0.3, 0.4) is 0 Å². The fourth-order valence-electron chi connectivity index (χ4n) is 2.15. The van der Waals surface area contributed by atoms with E-state index in [0.29, 0.717) is 22.3 Å². The van der Waals surface area contributed by atoms with Crippen LogP contribution in [0.1, 0.15) is 29.4 Å². The van der Waals surface area contributed by atoms with Crippen LogP contribution in [0.25, 0.3) is 0 Å². The number of carbonyl (C=O) groups is 2. The van der Waals surface area contributed by atoms with E-state index in [4.69, 9.17) is 4.74 Å². The van der Waals surface area contributed by atoms with Gasteiger partial charge in [-0.2, -0.15) is 11.8 Å². The summed E-state index contributed by atoms with van der Waals surface area (Å²) in [5, 5.41) is 3.08. The number of thioether (sulfide) groups is 2. The monoisotopic (exact) mass is 407 g/mol. The van der Waals surface area contributed by atoms with E-state index in [0.717, 1.165) is 23.9 Å². The van der Waals surface area contributed by atoms with Crippen molar-refractivity contribution in [2.75, 3.05) is 23.9 Å². The van der Waals surface area contributed by atoms with Gasteiger partial charge in [-0.25, -0.2) is 9.78 Å². The van der Waals surface area contributed by atoms with Crippen LogP contribution >= 0.6 is 23.5 Å². The molecule has 0 radical (unpaired) electrons. The van der Waals surface area contributed by atoms with Crippen LogP contribution in [0.5, 0.6) is 0 Å². The van der Waals surface area contributed by atoms with E-state index in [1.165, 1.54) is 13.2 Å². The zero-order valence-electron chi connectivity index (χ0n) is 15.1. The number of aromatic amines is 1. The second-order valence-electron chi connectivity index (χ2n) is 5.47. The van der Waals surface area contributed by atoms with Crippen molar-refractivity contribution >= 4 is 41.1 Å². The Balaban J connectivity index is 1.98. The minimum atomic E-state index is -0.526. The Kier molecular flexibility index (Phi) is 8.41. The normalized spacial score (nSPS) is 10.4. The lowest BCUT2D eigenvalue weighted by atomic mass is 10.2. The number of rotatable bonds is 9. The van der Waals surface area contributed by atoms with Crippen molar-refractivity contribution in [1.82, 2.24) is 9.97 Å². The summed E-state index contributed by atoms with van der Waals surface area (Å²) in [6, 6.07) is 8.07. The molecule has 144 valence electrons. The van der Waals surface area contributed by atoms with E-state index in [1.54, 1.807) is 36.0 Å². The zero-order valence-corrected chi connectivity index (χ0v) is 16.7. The minimum absolute atomic E-state index is 0.0456. The number of esters is 1. The molecule has 0 aliphatic rings. The second-order valence-corrected chi connectivity index (χ2v) is 7.54. The molecular formula is C18H21N3O4S2. The van der Waals surface area contributed by atoms with Gasteiger partial charge in [-0.05, 0) is 24.3 Å². The van der Waals surface area contributed by atoms with Gasteiger partial charge in [-0.1, -0.05) is 30.8 Å². The van der Waals surface area contributed by atoms with Crippen molar-refractivity contribution in [3.05, 3.63) is 51.9 Å². The van der Waals surface area contributed by atoms with Crippen LogP contribution in [-0.2, 0) is 15.3 Å². The number of para-hydroxylation sites is 1. The van der Waals surface area contributed by atoms with Crippen molar-refractivity contribution in [2.24, 2.45) is 0 Å². The van der Waals surface area contributed by atoms with Crippen LogP contribution in [0.15, 0.2) is 40.3 Å². The van der Waals surface area contributed by atoms with Gasteiger partial charge in [-0.15, -0.1) is 0 Å². The summed E-state index contributed by atoms with van der Waals surface area (Å²) < 4.78 is 4.71. The molecule has 1 aromatic carbocycles. The Morgan fingerprint density at radius 3 is 2.81 bits per heavy atom. The summed E-state index contributed by atoms with van der Waals surface area (Å²) in [7, 11) is 1.28. The van der Waals surface area contributed by atoms with Gasteiger partial charge in [-0.3, -0.25) is 9.59 Å². The van der Waals surface area contributed by atoms with Crippen LogP contribution in [0.4, 0.5) is 5.69 Å². The highest BCUT2D eigenvalue weighted by molar-refractivity contribution is 7.99. The van der Waals surface area contributed by atoms with Crippen molar-refractivity contribution in [3.8, 4) is 0 Å². The second kappa shape index (κ2) is 10.8. The SMILES string of the molecule is CCCSCc1cc(=O)[nH]c(SCC(=O)Nc2ccccc2C(=O)OC)n1. The van der Waals surface area contributed by atoms with E-state index in [9.17, 15) is 14.4 Å². The molecule has 9 heteroatoms. The number of aromatic nitrogens is 2. The van der Waals surface area contributed by atoms with Gasteiger partial charge in [0, 0.05) is 11.8 Å². The molecule has 1 aromatic heterocycles. The maximum absolute atomic E-state index is 12.2. The molecule has 2 rings (SSSR count). The molecule has 0 spiro atoms. The Labute approximate surface area is 165 Å². The Morgan fingerprint density at radius 2 is 2.07 bits per heavy atom. The molecular weight excluding hydrogens is 386 g/mol. The van der Waals surface area contributed by atoms with Gasteiger partial charge in [0.1, 0.15) is 0 Å². The molecule has 0 saturated carbocycles. The van der Waals surface area contributed by atoms with E-state index in [-0.39, 0.29) is 22.8 Å². The van der Waals surface area contributed by atoms with Crippen LogP contribution in [0, 0.1) is 0 Å². The number of anilines is 1. The number of H-pyrrole nitrogens is 1. The van der Waals surface area contributed by atoms with Gasteiger partial charge in [0.25, 0.3) is 5.56 Å². The van der Waals surface area contributed by atoms with Crippen LogP contribution < -0.4 is 10.9 Å². The highest BCUT2D eigenvalue weighted by atomic mass is 32.2. The molecule has 0 aliphatic carbocycles. The first kappa shape index (κ1) is 21.0. The average Bonchev–Trinajstić information content (AvgIpc) is 2.66. The first-order valence-corrected chi connectivity index (χ1v) is 10.5. The van der Waals surface area contributed by atoms with E-state index < -0.39 is 5.97 Å². The predicted molar refractivity (Wildman–Crippen MR) is 108 cm³/mol. The number of benzene rings is 1. The lowest BCUT2D eigenvalue weighted by molar-refractivity contribution is -0.113. The molecule has 2 N–H and O–H groups in total. The third-order valence-corrected chi connectivity index (χ3v) is 5.39. The highest BCUT2D eigenvalue weighted by Gasteiger charge is 2.14. The average molecular weight is 408 g/mol. The summed E-state index contributed by atoms with van der Waals surface area (Å²) in [6.45, 7) is 2.09. The summed E-state index contributed by atoms with van der Waals surface area (Å²) in [5.74, 6) is 0.860.